The third kappa shape index (κ3) is 4.54. The molecule has 0 radical (unpaired) electrons. The second-order valence-electron chi connectivity index (χ2n) is 6.51. The van der Waals surface area contributed by atoms with Gasteiger partial charge in [0, 0.05) is 37.8 Å². The molecule has 7 heteroatoms. The smallest absolute Gasteiger partial charge is 0.246 e. The van der Waals surface area contributed by atoms with Crippen molar-refractivity contribution in [3.05, 3.63) is 69.5 Å². The molecule has 1 aliphatic rings. The van der Waals surface area contributed by atoms with Gasteiger partial charge in [-0.1, -0.05) is 35.3 Å². The summed E-state index contributed by atoms with van der Waals surface area (Å²) < 4.78 is 14.3. The van der Waals surface area contributed by atoms with Crippen molar-refractivity contribution >= 4 is 46.7 Å². The molecule has 0 bridgehead atoms. The standard InChI is InChI=1S/C21H19Cl2FN2O2/c1-14(27)16-5-7-19(18(24)13-16)25-9-11-26(12-10-25)20(28)8-6-15-3-2-4-17(22)21(15)23/h2-8,13H,9-12H2,1H3/b8-6+. The number of ketones is 1. The summed E-state index contributed by atoms with van der Waals surface area (Å²) in [5.41, 5.74) is 1.46. The molecule has 0 saturated carbocycles. The topological polar surface area (TPSA) is 40.6 Å². The number of halogens is 3. The summed E-state index contributed by atoms with van der Waals surface area (Å²) in [6.07, 6.45) is 3.11. The van der Waals surface area contributed by atoms with Crippen LogP contribution in [-0.2, 0) is 4.79 Å². The van der Waals surface area contributed by atoms with E-state index >= 15 is 0 Å². The first-order chi connectivity index (χ1) is 13.4. The number of piperazine rings is 1. The Labute approximate surface area is 173 Å². The van der Waals surface area contributed by atoms with Crippen LogP contribution in [0.4, 0.5) is 10.1 Å². The van der Waals surface area contributed by atoms with Crippen LogP contribution in [-0.4, -0.2) is 42.8 Å². The van der Waals surface area contributed by atoms with Crippen molar-refractivity contribution in [1.29, 1.82) is 0 Å². The molecule has 146 valence electrons. The molecule has 1 aliphatic heterocycles. The van der Waals surface area contributed by atoms with Gasteiger partial charge in [-0.25, -0.2) is 4.39 Å². The van der Waals surface area contributed by atoms with Crippen molar-refractivity contribution in [2.24, 2.45) is 0 Å². The first-order valence-corrected chi connectivity index (χ1v) is 9.59. The van der Waals surface area contributed by atoms with Crippen LogP contribution < -0.4 is 4.90 Å². The SMILES string of the molecule is CC(=O)c1ccc(N2CCN(C(=O)/C=C/c3cccc(Cl)c3Cl)CC2)c(F)c1. The predicted octanol–water partition coefficient (Wildman–Crippen LogP) is 4.70. The average Bonchev–Trinajstić information content (AvgIpc) is 2.69. The van der Waals surface area contributed by atoms with Gasteiger partial charge in [0.2, 0.25) is 5.91 Å². The molecule has 2 aromatic rings. The number of benzene rings is 2. The highest BCUT2D eigenvalue weighted by Gasteiger charge is 2.22. The zero-order chi connectivity index (χ0) is 20.3. The van der Waals surface area contributed by atoms with Gasteiger partial charge in [0.05, 0.1) is 15.7 Å². The summed E-state index contributed by atoms with van der Waals surface area (Å²) in [4.78, 5) is 27.4. The van der Waals surface area contributed by atoms with Gasteiger partial charge in [-0.2, -0.15) is 0 Å². The Balaban J connectivity index is 1.62. The van der Waals surface area contributed by atoms with Gasteiger partial charge in [-0.05, 0) is 42.8 Å². The van der Waals surface area contributed by atoms with Crippen LogP contribution in [0.15, 0.2) is 42.5 Å². The lowest BCUT2D eigenvalue weighted by molar-refractivity contribution is -0.126. The molecule has 0 atom stereocenters. The highest BCUT2D eigenvalue weighted by molar-refractivity contribution is 6.42. The van der Waals surface area contributed by atoms with E-state index < -0.39 is 5.82 Å². The Hall–Kier alpha value is -2.37. The van der Waals surface area contributed by atoms with Gasteiger partial charge in [0.1, 0.15) is 5.82 Å². The minimum absolute atomic E-state index is 0.136. The van der Waals surface area contributed by atoms with Crippen LogP contribution >= 0.6 is 23.2 Å². The zero-order valence-corrected chi connectivity index (χ0v) is 16.8. The normalized spacial score (nSPS) is 14.6. The van der Waals surface area contributed by atoms with Crippen LogP contribution in [0.5, 0.6) is 0 Å². The van der Waals surface area contributed by atoms with Gasteiger partial charge < -0.3 is 9.80 Å². The number of Topliss-reactive ketones (excluding diaryl/α,β-unsaturated/α-hetero) is 1. The van der Waals surface area contributed by atoms with E-state index in [4.69, 9.17) is 23.2 Å². The molecule has 1 saturated heterocycles. The molecule has 0 unspecified atom stereocenters. The second-order valence-corrected chi connectivity index (χ2v) is 7.30. The number of hydrogen-bond acceptors (Lipinski definition) is 3. The predicted molar refractivity (Wildman–Crippen MR) is 111 cm³/mol. The maximum absolute atomic E-state index is 14.3. The first-order valence-electron chi connectivity index (χ1n) is 8.83. The lowest BCUT2D eigenvalue weighted by Crippen LogP contribution is -2.48. The Morgan fingerprint density at radius 3 is 2.43 bits per heavy atom. The van der Waals surface area contributed by atoms with E-state index in [0.29, 0.717) is 53.0 Å². The highest BCUT2D eigenvalue weighted by atomic mass is 35.5. The van der Waals surface area contributed by atoms with E-state index in [9.17, 15) is 14.0 Å². The fourth-order valence-electron chi connectivity index (χ4n) is 3.07. The Kier molecular flexibility index (Phi) is 6.37. The van der Waals surface area contributed by atoms with Crippen LogP contribution in [0.25, 0.3) is 6.08 Å². The quantitative estimate of drug-likeness (QED) is 0.531. The number of nitrogens with zero attached hydrogens (tertiary/aromatic N) is 2. The lowest BCUT2D eigenvalue weighted by atomic mass is 10.1. The van der Waals surface area contributed by atoms with Crippen molar-refractivity contribution in [2.45, 2.75) is 6.92 Å². The number of carbonyl (C=O) groups is 2. The minimum Gasteiger partial charge on any atom is -0.366 e. The molecule has 0 N–H and O–H groups in total. The maximum Gasteiger partial charge on any atom is 0.246 e. The summed E-state index contributed by atoms with van der Waals surface area (Å²) in [6.45, 7) is 3.37. The molecule has 0 aromatic heterocycles. The van der Waals surface area contributed by atoms with Gasteiger partial charge in [0.15, 0.2) is 5.78 Å². The number of rotatable bonds is 4. The number of anilines is 1. The molecule has 28 heavy (non-hydrogen) atoms. The van der Waals surface area contributed by atoms with Gasteiger partial charge >= 0.3 is 0 Å². The molecule has 2 aromatic carbocycles. The molecular weight excluding hydrogens is 402 g/mol. The summed E-state index contributed by atoms with van der Waals surface area (Å²) in [6, 6.07) is 9.73. The first kappa shape index (κ1) is 20.4. The van der Waals surface area contributed by atoms with E-state index in [2.05, 4.69) is 0 Å². The second kappa shape index (κ2) is 8.76. The van der Waals surface area contributed by atoms with Crippen LogP contribution in [0.1, 0.15) is 22.8 Å². The molecule has 0 aliphatic carbocycles. The van der Waals surface area contributed by atoms with Gasteiger partial charge in [-0.15, -0.1) is 0 Å². The molecule has 1 heterocycles. The van der Waals surface area contributed by atoms with Crippen molar-refractivity contribution in [1.82, 2.24) is 4.90 Å². The fourth-order valence-corrected chi connectivity index (χ4v) is 3.44. The minimum atomic E-state index is -0.428. The van der Waals surface area contributed by atoms with E-state index in [1.54, 1.807) is 41.3 Å². The molecule has 0 spiro atoms. The zero-order valence-electron chi connectivity index (χ0n) is 15.3. The Bertz CT molecular complexity index is 938. The molecule has 1 fully saturated rings. The van der Waals surface area contributed by atoms with E-state index in [0.717, 1.165) is 0 Å². The van der Waals surface area contributed by atoms with Crippen LogP contribution in [0, 0.1) is 5.82 Å². The molecular formula is C21H19Cl2FN2O2. The highest BCUT2D eigenvalue weighted by Crippen LogP contribution is 2.26. The summed E-state index contributed by atoms with van der Waals surface area (Å²) in [5.74, 6) is -0.737. The van der Waals surface area contributed by atoms with E-state index in [1.807, 2.05) is 4.90 Å². The number of hydrogen-bond donors (Lipinski definition) is 0. The fraction of sp³-hybridized carbons (Fsp3) is 0.238. The largest absolute Gasteiger partial charge is 0.366 e. The van der Waals surface area contributed by atoms with E-state index in [-0.39, 0.29) is 11.7 Å². The van der Waals surface area contributed by atoms with Crippen molar-refractivity contribution in [3.63, 3.8) is 0 Å². The van der Waals surface area contributed by atoms with Crippen LogP contribution in [0.2, 0.25) is 10.0 Å². The number of carbonyl (C=O) groups excluding carboxylic acids is 2. The molecule has 1 amide bonds. The third-order valence-electron chi connectivity index (χ3n) is 4.67. The number of amides is 1. The monoisotopic (exact) mass is 420 g/mol. The third-order valence-corrected chi connectivity index (χ3v) is 5.51. The Morgan fingerprint density at radius 2 is 1.79 bits per heavy atom. The maximum atomic E-state index is 14.3. The van der Waals surface area contributed by atoms with Crippen molar-refractivity contribution in [3.8, 4) is 0 Å². The lowest BCUT2D eigenvalue weighted by Gasteiger charge is -2.35. The summed E-state index contributed by atoms with van der Waals surface area (Å²) in [5, 5.41) is 0.838. The molecule has 3 rings (SSSR count). The van der Waals surface area contributed by atoms with Gasteiger partial charge in [0.25, 0.3) is 0 Å². The average molecular weight is 421 g/mol. The molecule has 4 nitrogen and oxygen atoms in total. The summed E-state index contributed by atoms with van der Waals surface area (Å²) in [7, 11) is 0. The van der Waals surface area contributed by atoms with Crippen molar-refractivity contribution in [2.75, 3.05) is 31.1 Å². The van der Waals surface area contributed by atoms with E-state index in [1.165, 1.54) is 19.1 Å². The summed E-state index contributed by atoms with van der Waals surface area (Å²) >= 11 is 12.1. The van der Waals surface area contributed by atoms with Crippen molar-refractivity contribution < 1.29 is 14.0 Å². The van der Waals surface area contributed by atoms with Gasteiger partial charge in [-0.3, -0.25) is 9.59 Å². The Morgan fingerprint density at radius 1 is 1.07 bits per heavy atom. The van der Waals surface area contributed by atoms with Crippen LogP contribution in [0.3, 0.4) is 0 Å².